The number of carbonyl (C=O) groups is 1. The molecule has 0 aliphatic rings. The Morgan fingerprint density at radius 3 is 2.59 bits per heavy atom. The third-order valence-electron chi connectivity index (χ3n) is 2.06. The van der Waals surface area contributed by atoms with Gasteiger partial charge < -0.3 is 10.4 Å². The Balaban J connectivity index is 2.30. The molecule has 5 nitrogen and oxygen atoms in total. The highest BCUT2D eigenvalue weighted by molar-refractivity contribution is 9.10. The van der Waals surface area contributed by atoms with E-state index in [1.54, 1.807) is 0 Å². The molecule has 0 bridgehead atoms. The number of benzene rings is 1. The van der Waals surface area contributed by atoms with Crippen LogP contribution in [0.1, 0.15) is 10.4 Å². The number of nitrogens with one attached hydrogen (secondary N) is 1. The Morgan fingerprint density at radius 2 is 1.94 bits per heavy atom. The molecule has 0 aliphatic heterocycles. The molecule has 0 radical (unpaired) electrons. The van der Waals surface area contributed by atoms with Gasteiger partial charge in [0.2, 0.25) is 0 Å². The minimum absolute atomic E-state index is 0.0860. The Hall–Kier alpha value is -1.95. The largest absolute Gasteiger partial charge is 0.478 e. The van der Waals surface area contributed by atoms with Crippen molar-refractivity contribution in [3.63, 3.8) is 0 Å². The van der Waals surface area contributed by atoms with Crippen LogP contribution in [0.3, 0.4) is 0 Å². The van der Waals surface area contributed by atoms with Gasteiger partial charge in [-0.25, -0.2) is 4.79 Å². The zero-order valence-corrected chi connectivity index (χ0v) is 10.2. The van der Waals surface area contributed by atoms with Crippen LogP contribution in [0.5, 0.6) is 0 Å². The maximum absolute atomic E-state index is 11.0. The molecule has 17 heavy (non-hydrogen) atoms. The average Bonchev–Trinajstić information content (AvgIpc) is 2.32. The van der Waals surface area contributed by atoms with Gasteiger partial charge in [0.1, 0.15) is 5.56 Å². The van der Waals surface area contributed by atoms with Crippen LogP contribution in [0.25, 0.3) is 0 Å². The van der Waals surface area contributed by atoms with Gasteiger partial charge in [0.15, 0.2) is 5.82 Å². The Morgan fingerprint density at radius 1 is 1.24 bits per heavy atom. The van der Waals surface area contributed by atoms with Crippen molar-refractivity contribution < 1.29 is 9.90 Å². The van der Waals surface area contributed by atoms with Crippen LogP contribution in [-0.2, 0) is 0 Å². The van der Waals surface area contributed by atoms with Crippen LogP contribution < -0.4 is 5.32 Å². The molecule has 2 rings (SSSR count). The van der Waals surface area contributed by atoms with E-state index in [2.05, 4.69) is 31.4 Å². The van der Waals surface area contributed by atoms with E-state index in [4.69, 9.17) is 5.11 Å². The lowest BCUT2D eigenvalue weighted by molar-refractivity contribution is 0.0697. The first kappa shape index (κ1) is 11.5. The quantitative estimate of drug-likeness (QED) is 0.910. The number of rotatable bonds is 3. The molecule has 0 aliphatic carbocycles. The Kier molecular flexibility index (Phi) is 3.34. The summed E-state index contributed by atoms with van der Waals surface area (Å²) in [5, 5.41) is 19.3. The van der Waals surface area contributed by atoms with Gasteiger partial charge in [-0.05, 0) is 30.3 Å². The van der Waals surface area contributed by atoms with Gasteiger partial charge in [-0.2, -0.15) is 5.10 Å². The molecular weight excluding hydrogens is 286 g/mol. The molecule has 2 N–H and O–H groups in total. The molecule has 0 unspecified atom stereocenters. The van der Waals surface area contributed by atoms with Crippen molar-refractivity contribution in [2.45, 2.75) is 0 Å². The standard InChI is InChI=1S/C11H8BrN3O2/c12-7-1-3-8(4-2-7)14-10-9(11(16)17)5-6-13-15-10/h1-6H,(H,14,15)(H,16,17). The van der Waals surface area contributed by atoms with Crippen LogP contribution in [0.4, 0.5) is 11.5 Å². The van der Waals surface area contributed by atoms with Crippen LogP contribution in [-0.4, -0.2) is 21.3 Å². The topological polar surface area (TPSA) is 75.1 Å². The van der Waals surface area contributed by atoms with E-state index in [9.17, 15) is 4.79 Å². The lowest BCUT2D eigenvalue weighted by Gasteiger charge is -2.07. The van der Waals surface area contributed by atoms with Gasteiger partial charge in [0.05, 0.1) is 6.20 Å². The Labute approximate surface area is 106 Å². The number of carboxylic acid groups (broad SMARTS) is 1. The lowest BCUT2D eigenvalue weighted by atomic mass is 10.2. The SMILES string of the molecule is O=C(O)c1ccnnc1Nc1ccc(Br)cc1. The van der Waals surface area contributed by atoms with E-state index >= 15 is 0 Å². The van der Waals surface area contributed by atoms with Crippen LogP contribution in [0.2, 0.25) is 0 Å². The van der Waals surface area contributed by atoms with Gasteiger partial charge in [-0.3, -0.25) is 0 Å². The number of carboxylic acids is 1. The minimum atomic E-state index is -1.04. The van der Waals surface area contributed by atoms with Crippen molar-refractivity contribution in [1.82, 2.24) is 10.2 Å². The maximum atomic E-state index is 11.0. The van der Waals surface area contributed by atoms with Crippen molar-refractivity contribution in [2.75, 3.05) is 5.32 Å². The Bertz CT molecular complexity index is 543. The van der Waals surface area contributed by atoms with Gasteiger partial charge in [-0.1, -0.05) is 15.9 Å². The van der Waals surface area contributed by atoms with Gasteiger partial charge >= 0.3 is 5.97 Å². The number of hydrogen-bond donors (Lipinski definition) is 2. The second kappa shape index (κ2) is 4.92. The predicted molar refractivity (Wildman–Crippen MR) is 66.4 cm³/mol. The number of nitrogens with zero attached hydrogens (tertiary/aromatic N) is 2. The normalized spacial score (nSPS) is 9.94. The molecule has 0 atom stereocenters. The van der Waals surface area contributed by atoms with E-state index in [1.807, 2.05) is 24.3 Å². The molecule has 0 saturated carbocycles. The van der Waals surface area contributed by atoms with Crippen molar-refractivity contribution in [2.24, 2.45) is 0 Å². The third kappa shape index (κ3) is 2.79. The monoisotopic (exact) mass is 293 g/mol. The summed E-state index contributed by atoms with van der Waals surface area (Å²) in [4.78, 5) is 11.0. The molecule has 0 fully saturated rings. The lowest BCUT2D eigenvalue weighted by Crippen LogP contribution is -2.05. The number of halogens is 1. The first-order valence-corrected chi connectivity index (χ1v) is 5.53. The van der Waals surface area contributed by atoms with Crippen LogP contribution in [0, 0.1) is 0 Å². The number of anilines is 2. The summed E-state index contributed by atoms with van der Waals surface area (Å²) >= 11 is 3.32. The van der Waals surface area contributed by atoms with Crippen molar-refractivity contribution in [3.05, 3.63) is 46.6 Å². The molecular formula is C11H8BrN3O2. The fourth-order valence-electron chi connectivity index (χ4n) is 1.27. The van der Waals surface area contributed by atoms with E-state index < -0.39 is 5.97 Å². The van der Waals surface area contributed by atoms with E-state index in [1.165, 1.54) is 12.3 Å². The fraction of sp³-hybridized carbons (Fsp3) is 0. The first-order chi connectivity index (χ1) is 8.16. The summed E-state index contributed by atoms with van der Waals surface area (Å²) in [5.41, 5.74) is 0.833. The highest BCUT2D eigenvalue weighted by Gasteiger charge is 2.11. The van der Waals surface area contributed by atoms with Gasteiger partial charge in [-0.15, -0.1) is 5.10 Å². The molecule has 1 aromatic heterocycles. The molecule has 6 heteroatoms. The van der Waals surface area contributed by atoms with Crippen LogP contribution in [0.15, 0.2) is 41.0 Å². The summed E-state index contributed by atoms with van der Waals surface area (Å²) in [5.74, 6) is -0.818. The second-order valence-electron chi connectivity index (χ2n) is 3.23. The summed E-state index contributed by atoms with van der Waals surface area (Å²) in [6.45, 7) is 0. The molecule has 0 saturated heterocycles. The fourth-order valence-corrected chi connectivity index (χ4v) is 1.53. The van der Waals surface area contributed by atoms with E-state index in [0.29, 0.717) is 0 Å². The minimum Gasteiger partial charge on any atom is -0.478 e. The summed E-state index contributed by atoms with van der Waals surface area (Å²) in [6.07, 6.45) is 1.34. The van der Waals surface area contributed by atoms with Gasteiger partial charge in [0, 0.05) is 10.2 Å². The summed E-state index contributed by atoms with van der Waals surface area (Å²) in [7, 11) is 0. The summed E-state index contributed by atoms with van der Waals surface area (Å²) in [6, 6.07) is 8.71. The highest BCUT2D eigenvalue weighted by atomic mass is 79.9. The highest BCUT2D eigenvalue weighted by Crippen LogP contribution is 2.19. The smallest absolute Gasteiger partial charge is 0.339 e. The van der Waals surface area contributed by atoms with Crippen molar-refractivity contribution in [1.29, 1.82) is 0 Å². The zero-order valence-electron chi connectivity index (χ0n) is 8.59. The van der Waals surface area contributed by atoms with Crippen molar-refractivity contribution in [3.8, 4) is 0 Å². The van der Waals surface area contributed by atoms with E-state index in [-0.39, 0.29) is 11.4 Å². The van der Waals surface area contributed by atoms with Gasteiger partial charge in [0.25, 0.3) is 0 Å². The maximum Gasteiger partial charge on any atom is 0.339 e. The van der Waals surface area contributed by atoms with Crippen molar-refractivity contribution >= 4 is 33.4 Å². The number of aromatic carboxylic acids is 1. The number of hydrogen-bond acceptors (Lipinski definition) is 4. The molecule has 0 spiro atoms. The molecule has 86 valence electrons. The molecule has 1 heterocycles. The molecule has 1 aromatic carbocycles. The number of aromatic nitrogens is 2. The molecule has 2 aromatic rings. The van der Waals surface area contributed by atoms with E-state index in [0.717, 1.165) is 10.2 Å². The average molecular weight is 294 g/mol. The molecule has 0 amide bonds. The first-order valence-electron chi connectivity index (χ1n) is 4.74. The second-order valence-corrected chi connectivity index (χ2v) is 4.15. The third-order valence-corrected chi connectivity index (χ3v) is 2.59. The predicted octanol–water partition coefficient (Wildman–Crippen LogP) is 2.68. The zero-order chi connectivity index (χ0) is 12.3. The van der Waals surface area contributed by atoms with Crippen LogP contribution >= 0.6 is 15.9 Å². The summed E-state index contributed by atoms with van der Waals surface area (Å²) < 4.78 is 0.945.